The van der Waals surface area contributed by atoms with Gasteiger partial charge in [0.15, 0.2) is 0 Å². The molecule has 82 valence electrons. The van der Waals surface area contributed by atoms with Gasteiger partial charge in [-0.1, -0.05) is 30.3 Å². The number of rotatable bonds is 1. The number of hydrogen-bond donors (Lipinski definition) is 1. The van der Waals surface area contributed by atoms with Crippen molar-refractivity contribution in [3.63, 3.8) is 0 Å². The molecule has 0 amide bonds. The Labute approximate surface area is 119 Å². The van der Waals surface area contributed by atoms with Gasteiger partial charge in [-0.2, -0.15) is 0 Å². The SMILES string of the molecule is Oc1cc(Br)c(Br)c(Br)c1-c1ccccc1. The number of halogens is 3. The van der Waals surface area contributed by atoms with Crippen LogP contribution in [-0.2, 0) is 0 Å². The summed E-state index contributed by atoms with van der Waals surface area (Å²) in [7, 11) is 0. The van der Waals surface area contributed by atoms with Gasteiger partial charge in [-0.05, 0) is 59.4 Å². The van der Waals surface area contributed by atoms with Gasteiger partial charge in [0.05, 0.1) is 0 Å². The quantitative estimate of drug-likeness (QED) is 0.633. The van der Waals surface area contributed by atoms with Crippen molar-refractivity contribution in [2.75, 3.05) is 0 Å². The first-order valence-corrected chi connectivity index (χ1v) is 6.91. The van der Waals surface area contributed by atoms with Crippen LogP contribution >= 0.6 is 47.8 Å². The zero-order chi connectivity index (χ0) is 11.7. The van der Waals surface area contributed by atoms with E-state index < -0.39 is 0 Å². The number of phenols is 1. The van der Waals surface area contributed by atoms with Crippen molar-refractivity contribution in [2.45, 2.75) is 0 Å². The van der Waals surface area contributed by atoms with Gasteiger partial charge < -0.3 is 5.11 Å². The van der Waals surface area contributed by atoms with Gasteiger partial charge in [-0.3, -0.25) is 0 Å². The zero-order valence-corrected chi connectivity index (χ0v) is 12.8. The molecule has 2 aromatic rings. The van der Waals surface area contributed by atoms with Crippen molar-refractivity contribution in [3.8, 4) is 16.9 Å². The molecule has 0 heterocycles. The van der Waals surface area contributed by atoms with Crippen LogP contribution in [0.5, 0.6) is 5.75 Å². The summed E-state index contributed by atoms with van der Waals surface area (Å²) in [6.45, 7) is 0. The normalized spacial score (nSPS) is 10.4. The topological polar surface area (TPSA) is 20.2 Å². The fraction of sp³-hybridized carbons (Fsp3) is 0. The van der Waals surface area contributed by atoms with Crippen molar-refractivity contribution < 1.29 is 5.11 Å². The van der Waals surface area contributed by atoms with Gasteiger partial charge in [0, 0.05) is 19.0 Å². The summed E-state index contributed by atoms with van der Waals surface area (Å²) in [5.74, 6) is 0.244. The predicted octanol–water partition coefficient (Wildman–Crippen LogP) is 5.35. The highest BCUT2D eigenvalue weighted by Crippen LogP contribution is 2.44. The Morgan fingerprint density at radius 2 is 1.50 bits per heavy atom. The van der Waals surface area contributed by atoms with E-state index in [0.29, 0.717) is 0 Å². The van der Waals surface area contributed by atoms with Crippen LogP contribution < -0.4 is 0 Å². The summed E-state index contributed by atoms with van der Waals surface area (Å²) in [4.78, 5) is 0. The van der Waals surface area contributed by atoms with Crippen molar-refractivity contribution in [3.05, 3.63) is 49.8 Å². The predicted molar refractivity (Wildman–Crippen MR) is 76.6 cm³/mol. The van der Waals surface area contributed by atoms with Crippen molar-refractivity contribution >= 4 is 47.8 Å². The van der Waals surface area contributed by atoms with Crippen LogP contribution in [-0.4, -0.2) is 5.11 Å². The highest BCUT2D eigenvalue weighted by Gasteiger charge is 2.14. The molecule has 0 aliphatic carbocycles. The molecule has 0 fully saturated rings. The summed E-state index contributed by atoms with van der Waals surface area (Å²) in [6, 6.07) is 11.4. The number of phenolic OH excluding ortho intramolecular Hbond substituents is 1. The summed E-state index contributed by atoms with van der Waals surface area (Å²) in [5, 5.41) is 9.97. The maximum atomic E-state index is 9.97. The molecule has 0 atom stereocenters. The maximum Gasteiger partial charge on any atom is 0.125 e. The molecule has 0 aliphatic rings. The van der Waals surface area contributed by atoms with Gasteiger partial charge in [-0.15, -0.1) is 0 Å². The van der Waals surface area contributed by atoms with Crippen LogP contribution in [0.4, 0.5) is 0 Å². The molecule has 0 aliphatic heterocycles. The van der Waals surface area contributed by atoms with Crippen LogP contribution in [0, 0.1) is 0 Å². The van der Waals surface area contributed by atoms with Crippen LogP contribution in [0.1, 0.15) is 0 Å². The third-order valence-corrected chi connectivity index (χ3v) is 5.51. The Morgan fingerprint density at radius 3 is 2.12 bits per heavy atom. The lowest BCUT2D eigenvalue weighted by Crippen LogP contribution is -1.84. The second kappa shape index (κ2) is 4.90. The van der Waals surface area contributed by atoms with Crippen LogP contribution in [0.15, 0.2) is 49.8 Å². The van der Waals surface area contributed by atoms with Gasteiger partial charge in [0.2, 0.25) is 0 Å². The van der Waals surface area contributed by atoms with E-state index in [1.807, 2.05) is 30.3 Å². The van der Waals surface area contributed by atoms with E-state index in [-0.39, 0.29) is 5.75 Å². The molecule has 0 aromatic heterocycles. The fourth-order valence-electron chi connectivity index (χ4n) is 1.46. The fourth-order valence-corrected chi connectivity index (χ4v) is 3.10. The first-order chi connectivity index (χ1) is 7.61. The Balaban J connectivity index is 2.71. The average Bonchev–Trinajstić information content (AvgIpc) is 2.28. The van der Waals surface area contributed by atoms with Crippen LogP contribution in [0.25, 0.3) is 11.1 Å². The second-order valence-electron chi connectivity index (χ2n) is 3.25. The summed E-state index contributed by atoms with van der Waals surface area (Å²) < 4.78 is 2.55. The van der Waals surface area contributed by atoms with Gasteiger partial charge >= 0.3 is 0 Å². The molecule has 0 unspecified atom stereocenters. The lowest BCUT2D eigenvalue weighted by Gasteiger charge is -2.10. The molecule has 0 spiro atoms. The van der Waals surface area contributed by atoms with Gasteiger partial charge in [-0.25, -0.2) is 0 Å². The standard InChI is InChI=1S/C12H7Br3O/c13-8-6-9(16)10(12(15)11(8)14)7-4-2-1-3-5-7/h1-6,16H. The third-order valence-electron chi connectivity index (χ3n) is 2.20. The first-order valence-electron chi connectivity index (χ1n) is 4.53. The summed E-state index contributed by atoms with van der Waals surface area (Å²) >= 11 is 10.3. The molecule has 0 bridgehead atoms. The Bertz CT molecular complexity index is 524. The summed E-state index contributed by atoms with van der Waals surface area (Å²) in [6.07, 6.45) is 0. The Morgan fingerprint density at radius 1 is 0.875 bits per heavy atom. The summed E-state index contributed by atoms with van der Waals surface area (Å²) in [5.41, 5.74) is 1.76. The van der Waals surface area contributed by atoms with E-state index in [1.165, 1.54) is 0 Å². The highest BCUT2D eigenvalue weighted by molar-refractivity contribution is 9.14. The molecule has 0 saturated carbocycles. The number of benzene rings is 2. The molecule has 2 aromatic carbocycles. The molecule has 4 heteroatoms. The van der Waals surface area contributed by atoms with E-state index in [4.69, 9.17) is 0 Å². The van der Waals surface area contributed by atoms with Gasteiger partial charge in [0.25, 0.3) is 0 Å². The van der Waals surface area contributed by atoms with Crippen molar-refractivity contribution in [2.24, 2.45) is 0 Å². The minimum absolute atomic E-state index is 0.244. The molecule has 0 radical (unpaired) electrons. The second-order valence-corrected chi connectivity index (χ2v) is 5.69. The van der Waals surface area contributed by atoms with E-state index in [9.17, 15) is 5.11 Å². The van der Waals surface area contributed by atoms with E-state index in [0.717, 1.165) is 24.5 Å². The lowest BCUT2D eigenvalue weighted by atomic mass is 10.1. The molecule has 1 N–H and O–H groups in total. The highest BCUT2D eigenvalue weighted by atomic mass is 79.9. The number of aromatic hydroxyl groups is 1. The molecule has 1 nitrogen and oxygen atoms in total. The van der Waals surface area contributed by atoms with Crippen LogP contribution in [0.3, 0.4) is 0 Å². The van der Waals surface area contributed by atoms with E-state index in [2.05, 4.69) is 47.8 Å². The Hall–Kier alpha value is -0.320. The van der Waals surface area contributed by atoms with Crippen molar-refractivity contribution in [1.29, 1.82) is 0 Å². The van der Waals surface area contributed by atoms with Crippen molar-refractivity contribution in [1.82, 2.24) is 0 Å². The largest absolute Gasteiger partial charge is 0.507 e. The molecule has 16 heavy (non-hydrogen) atoms. The molecule has 2 rings (SSSR count). The Kier molecular flexibility index (Phi) is 3.72. The minimum atomic E-state index is 0.244. The lowest BCUT2D eigenvalue weighted by molar-refractivity contribution is 0.476. The zero-order valence-electron chi connectivity index (χ0n) is 8.05. The first kappa shape index (κ1) is 12.1. The minimum Gasteiger partial charge on any atom is -0.507 e. The monoisotopic (exact) mass is 404 g/mol. The molecular weight excluding hydrogens is 400 g/mol. The maximum absolute atomic E-state index is 9.97. The third kappa shape index (κ3) is 2.19. The average molecular weight is 407 g/mol. The van der Waals surface area contributed by atoms with Crippen LogP contribution in [0.2, 0.25) is 0 Å². The smallest absolute Gasteiger partial charge is 0.125 e. The molecular formula is C12H7Br3O. The van der Waals surface area contributed by atoms with E-state index in [1.54, 1.807) is 6.07 Å². The molecule has 0 saturated heterocycles. The number of hydrogen-bond acceptors (Lipinski definition) is 1. The van der Waals surface area contributed by atoms with E-state index >= 15 is 0 Å². The van der Waals surface area contributed by atoms with Gasteiger partial charge in [0.1, 0.15) is 5.75 Å².